The van der Waals surface area contributed by atoms with Gasteiger partial charge in [-0.2, -0.15) is 0 Å². The molecule has 0 spiro atoms. The third-order valence-electron chi connectivity index (χ3n) is 7.81. The standard InChI is InChI=1S/C33H42N2O11/c1-32(2,31(41)44-16-23-27(37)28(38)29(39)30(40)45-23)17-33(3,4)34-24(36)15-22-25(18-7-11-20(42-5)12-8-18)26(35-46-22)19-9-13-21(43-6)14-10-19/h7-14,23,27-30,37-40H,15-17H2,1-6H3,(H,34,36). The Morgan fingerprint density at radius 1 is 0.848 bits per heavy atom. The number of hydrogen-bond donors (Lipinski definition) is 5. The zero-order valence-corrected chi connectivity index (χ0v) is 26.7. The fourth-order valence-electron chi connectivity index (χ4n) is 5.66. The average molecular weight is 643 g/mol. The van der Waals surface area contributed by atoms with Gasteiger partial charge in [-0.1, -0.05) is 17.3 Å². The molecule has 1 fully saturated rings. The highest BCUT2D eigenvalue weighted by Gasteiger charge is 2.44. The van der Waals surface area contributed by atoms with Crippen LogP contribution < -0.4 is 14.8 Å². The summed E-state index contributed by atoms with van der Waals surface area (Å²) in [6.07, 6.45) is -7.89. The molecule has 2 heterocycles. The predicted octanol–water partition coefficient (Wildman–Crippen LogP) is 2.22. The van der Waals surface area contributed by atoms with Gasteiger partial charge in [0.15, 0.2) is 12.1 Å². The van der Waals surface area contributed by atoms with Crippen LogP contribution in [-0.4, -0.2) is 94.5 Å². The number of carbonyl (C=O) groups is 2. The summed E-state index contributed by atoms with van der Waals surface area (Å²) in [5.41, 5.74) is 0.778. The quantitative estimate of drug-likeness (QED) is 0.181. The lowest BCUT2D eigenvalue weighted by molar-refractivity contribution is -0.287. The van der Waals surface area contributed by atoms with E-state index in [2.05, 4.69) is 10.5 Å². The fourth-order valence-corrected chi connectivity index (χ4v) is 5.66. The number of aliphatic hydroxyl groups is 4. The molecule has 5 unspecified atom stereocenters. The van der Waals surface area contributed by atoms with Crippen molar-refractivity contribution in [2.24, 2.45) is 5.41 Å². The Labute approximate surface area is 267 Å². The number of nitrogens with one attached hydrogen (secondary N) is 1. The summed E-state index contributed by atoms with van der Waals surface area (Å²) in [5.74, 6) is 0.695. The largest absolute Gasteiger partial charge is 0.497 e. The molecule has 46 heavy (non-hydrogen) atoms. The molecule has 0 saturated carbocycles. The number of aromatic nitrogens is 1. The van der Waals surface area contributed by atoms with Gasteiger partial charge in [-0.15, -0.1) is 0 Å². The molecular formula is C33H42N2O11. The summed E-state index contributed by atoms with van der Waals surface area (Å²) in [7, 11) is 3.16. The summed E-state index contributed by atoms with van der Waals surface area (Å²) in [6.45, 7) is 6.38. The lowest BCUT2D eigenvalue weighted by Gasteiger charge is -2.38. The fraction of sp³-hybridized carbons (Fsp3) is 0.485. The molecule has 5 N–H and O–H groups in total. The first-order valence-electron chi connectivity index (χ1n) is 14.8. The van der Waals surface area contributed by atoms with Crippen molar-refractivity contribution in [2.75, 3.05) is 20.8 Å². The van der Waals surface area contributed by atoms with E-state index < -0.39 is 54.2 Å². The third-order valence-corrected chi connectivity index (χ3v) is 7.81. The monoisotopic (exact) mass is 642 g/mol. The van der Waals surface area contributed by atoms with Gasteiger partial charge in [-0.05, 0) is 76.1 Å². The van der Waals surface area contributed by atoms with Crippen LogP contribution in [0.3, 0.4) is 0 Å². The van der Waals surface area contributed by atoms with E-state index in [1.54, 1.807) is 41.9 Å². The van der Waals surface area contributed by atoms with Crippen molar-refractivity contribution >= 4 is 11.9 Å². The molecule has 250 valence electrons. The third kappa shape index (κ3) is 8.03. The Kier molecular flexibility index (Phi) is 10.7. The smallest absolute Gasteiger partial charge is 0.311 e. The van der Waals surface area contributed by atoms with E-state index >= 15 is 0 Å². The first-order valence-corrected chi connectivity index (χ1v) is 14.8. The summed E-state index contributed by atoms with van der Waals surface area (Å²) in [6, 6.07) is 14.7. The van der Waals surface area contributed by atoms with Crippen molar-refractivity contribution in [3.8, 4) is 33.9 Å². The summed E-state index contributed by atoms with van der Waals surface area (Å²) in [5, 5.41) is 46.7. The van der Waals surface area contributed by atoms with Crippen LogP contribution in [0.1, 0.15) is 39.9 Å². The van der Waals surface area contributed by atoms with Crippen LogP contribution in [0, 0.1) is 5.41 Å². The van der Waals surface area contributed by atoms with E-state index in [1.165, 1.54) is 0 Å². The van der Waals surface area contributed by atoms with E-state index in [0.29, 0.717) is 28.5 Å². The number of methoxy groups -OCH3 is 2. The Balaban J connectivity index is 1.45. The molecular weight excluding hydrogens is 600 g/mol. The minimum absolute atomic E-state index is 0.133. The Morgan fingerprint density at radius 3 is 1.98 bits per heavy atom. The lowest BCUT2D eigenvalue weighted by Crippen LogP contribution is -2.58. The number of nitrogens with zero attached hydrogens (tertiary/aromatic N) is 1. The van der Waals surface area contributed by atoms with E-state index in [-0.39, 0.29) is 18.7 Å². The number of benzene rings is 2. The van der Waals surface area contributed by atoms with Gasteiger partial charge in [0.1, 0.15) is 48.2 Å². The van der Waals surface area contributed by atoms with Crippen LogP contribution in [0.4, 0.5) is 0 Å². The molecule has 1 aliphatic heterocycles. The van der Waals surface area contributed by atoms with E-state index in [0.717, 1.165) is 11.1 Å². The van der Waals surface area contributed by atoms with Crippen LogP contribution in [0.15, 0.2) is 53.1 Å². The van der Waals surface area contributed by atoms with Crippen molar-refractivity contribution < 1.29 is 53.5 Å². The van der Waals surface area contributed by atoms with Crippen molar-refractivity contribution in [2.45, 2.75) is 76.8 Å². The Bertz CT molecular complexity index is 1480. The maximum Gasteiger partial charge on any atom is 0.311 e. The Hall–Kier alpha value is -4.01. The van der Waals surface area contributed by atoms with Gasteiger partial charge >= 0.3 is 5.97 Å². The molecule has 1 aromatic heterocycles. The van der Waals surface area contributed by atoms with Gasteiger partial charge in [0.05, 0.1) is 31.6 Å². The van der Waals surface area contributed by atoms with E-state index in [4.69, 9.17) is 23.5 Å². The van der Waals surface area contributed by atoms with Gasteiger partial charge in [0, 0.05) is 11.1 Å². The van der Waals surface area contributed by atoms with Gasteiger partial charge in [0.25, 0.3) is 0 Å². The number of hydrogen-bond acceptors (Lipinski definition) is 12. The highest BCUT2D eigenvalue weighted by atomic mass is 16.7. The van der Waals surface area contributed by atoms with Crippen LogP contribution >= 0.6 is 0 Å². The normalized spacial score (nSPS) is 21.8. The van der Waals surface area contributed by atoms with Crippen molar-refractivity contribution in [3.63, 3.8) is 0 Å². The van der Waals surface area contributed by atoms with Crippen LogP contribution in [0.2, 0.25) is 0 Å². The second-order valence-electron chi connectivity index (χ2n) is 12.6. The Morgan fingerprint density at radius 2 is 1.41 bits per heavy atom. The molecule has 13 nitrogen and oxygen atoms in total. The van der Waals surface area contributed by atoms with Crippen LogP contribution in [-0.2, 0) is 25.5 Å². The van der Waals surface area contributed by atoms with Crippen molar-refractivity contribution in [1.29, 1.82) is 0 Å². The van der Waals surface area contributed by atoms with Gasteiger partial charge in [-0.3, -0.25) is 9.59 Å². The zero-order valence-electron chi connectivity index (χ0n) is 26.7. The molecule has 5 atom stereocenters. The summed E-state index contributed by atoms with van der Waals surface area (Å²) < 4.78 is 26.7. The number of esters is 1. The molecule has 2 aromatic carbocycles. The SMILES string of the molecule is COc1ccc(-c2noc(CC(=O)NC(C)(C)CC(C)(C)C(=O)OCC3OC(O)C(O)C(O)C3O)c2-c2ccc(OC)cc2)cc1. The number of aliphatic hydroxyl groups excluding tert-OH is 4. The average Bonchev–Trinajstić information content (AvgIpc) is 3.43. The highest BCUT2D eigenvalue weighted by molar-refractivity contribution is 5.87. The van der Waals surface area contributed by atoms with E-state index in [9.17, 15) is 30.0 Å². The maximum absolute atomic E-state index is 13.4. The minimum atomic E-state index is -1.74. The number of ether oxygens (including phenoxy) is 4. The molecule has 0 aliphatic carbocycles. The maximum atomic E-state index is 13.4. The first-order chi connectivity index (χ1) is 21.7. The molecule has 3 aromatic rings. The molecule has 1 amide bonds. The first kappa shape index (κ1) is 34.9. The number of amides is 1. The van der Waals surface area contributed by atoms with Gasteiger partial charge in [0.2, 0.25) is 5.91 Å². The second kappa shape index (κ2) is 14.2. The lowest BCUT2D eigenvalue weighted by atomic mass is 9.80. The minimum Gasteiger partial charge on any atom is -0.497 e. The molecule has 0 bridgehead atoms. The van der Waals surface area contributed by atoms with Gasteiger partial charge in [-0.25, -0.2) is 0 Å². The predicted molar refractivity (Wildman–Crippen MR) is 165 cm³/mol. The van der Waals surface area contributed by atoms with Crippen molar-refractivity contribution in [1.82, 2.24) is 10.5 Å². The van der Waals surface area contributed by atoms with Gasteiger partial charge < -0.3 is 49.2 Å². The van der Waals surface area contributed by atoms with E-state index in [1.807, 2.05) is 48.5 Å². The van der Waals surface area contributed by atoms with Crippen LogP contribution in [0.5, 0.6) is 11.5 Å². The molecule has 13 heteroatoms. The molecule has 4 rings (SSSR count). The summed E-state index contributed by atoms with van der Waals surface area (Å²) in [4.78, 5) is 26.4. The molecule has 1 aliphatic rings. The summed E-state index contributed by atoms with van der Waals surface area (Å²) >= 11 is 0. The molecule has 0 radical (unpaired) electrons. The second-order valence-corrected chi connectivity index (χ2v) is 12.6. The topological polar surface area (TPSA) is 190 Å². The highest BCUT2D eigenvalue weighted by Crippen LogP contribution is 2.37. The number of carbonyl (C=O) groups excluding carboxylic acids is 2. The van der Waals surface area contributed by atoms with Crippen molar-refractivity contribution in [3.05, 3.63) is 54.3 Å². The number of rotatable bonds is 12. The van der Waals surface area contributed by atoms with Crippen LogP contribution in [0.25, 0.3) is 22.4 Å². The molecule has 1 saturated heterocycles. The zero-order chi connectivity index (χ0) is 33.8.